The van der Waals surface area contributed by atoms with Crippen LogP contribution in [0.4, 0.5) is 0 Å². The predicted molar refractivity (Wildman–Crippen MR) is 83.6 cm³/mol. The summed E-state index contributed by atoms with van der Waals surface area (Å²) in [5.74, 6) is 0.780. The van der Waals surface area contributed by atoms with Gasteiger partial charge in [-0.1, -0.05) is 44.0 Å². The highest BCUT2D eigenvalue weighted by atomic mass is 16.5. The Balaban J connectivity index is 3.32. The van der Waals surface area contributed by atoms with E-state index in [0.29, 0.717) is 11.5 Å². The van der Waals surface area contributed by atoms with Crippen molar-refractivity contribution in [1.82, 2.24) is 5.32 Å². The van der Waals surface area contributed by atoms with Crippen LogP contribution in [-0.2, 0) is 9.53 Å². The highest BCUT2D eigenvalue weighted by Crippen LogP contribution is 2.30. The van der Waals surface area contributed by atoms with E-state index in [1.54, 1.807) is 19.3 Å². The Morgan fingerprint density at radius 2 is 2.00 bits per heavy atom. The average molecular weight is 285 g/mol. The van der Waals surface area contributed by atoms with Gasteiger partial charge in [0.05, 0.1) is 13.4 Å². The van der Waals surface area contributed by atoms with Crippen LogP contribution in [0.15, 0.2) is 74.3 Å². The second-order valence-electron chi connectivity index (χ2n) is 3.98. The number of hydrogen-bond acceptors (Lipinski definition) is 3. The van der Waals surface area contributed by atoms with Crippen molar-refractivity contribution in [2.75, 3.05) is 7.11 Å². The minimum Gasteiger partial charge on any atom is -0.496 e. The minimum atomic E-state index is -0.539. The largest absolute Gasteiger partial charge is 0.496 e. The standard InChI is InChI=1S/C17H19NO3/c1-5-10-15(21-7-3)17(18-16(19)6-2)13-11-8-9-12-14(13)20-4/h5-12,17H,1-3H2,4H3,(H,18,19)/b15-10-. The summed E-state index contributed by atoms with van der Waals surface area (Å²) in [7, 11) is 1.57. The van der Waals surface area contributed by atoms with Crippen LogP contribution in [0.5, 0.6) is 5.75 Å². The fourth-order valence-electron chi connectivity index (χ4n) is 1.82. The van der Waals surface area contributed by atoms with Gasteiger partial charge < -0.3 is 14.8 Å². The van der Waals surface area contributed by atoms with Crippen LogP contribution < -0.4 is 10.1 Å². The summed E-state index contributed by atoms with van der Waals surface area (Å²) in [5.41, 5.74) is 0.755. The molecule has 0 heterocycles. The number of carbonyl (C=O) groups excluding carboxylic acids is 1. The fraction of sp³-hybridized carbons (Fsp3) is 0.118. The van der Waals surface area contributed by atoms with Gasteiger partial charge in [-0.25, -0.2) is 0 Å². The zero-order valence-electron chi connectivity index (χ0n) is 12.0. The first-order chi connectivity index (χ1) is 10.2. The van der Waals surface area contributed by atoms with E-state index in [1.165, 1.54) is 12.3 Å². The van der Waals surface area contributed by atoms with Gasteiger partial charge in [0.2, 0.25) is 5.91 Å². The summed E-state index contributed by atoms with van der Waals surface area (Å²) in [5, 5.41) is 2.80. The molecule has 1 aromatic carbocycles. The predicted octanol–water partition coefficient (Wildman–Crippen LogP) is 3.27. The molecule has 1 amide bonds. The van der Waals surface area contributed by atoms with Crippen LogP contribution in [0.25, 0.3) is 0 Å². The highest BCUT2D eigenvalue weighted by Gasteiger charge is 2.22. The molecular weight excluding hydrogens is 266 g/mol. The summed E-state index contributed by atoms with van der Waals surface area (Å²) >= 11 is 0. The molecule has 1 N–H and O–H groups in total. The zero-order valence-corrected chi connectivity index (χ0v) is 12.0. The molecule has 0 fully saturated rings. The number of hydrogen-bond donors (Lipinski definition) is 1. The third-order valence-corrected chi connectivity index (χ3v) is 2.71. The van der Waals surface area contributed by atoms with Gasteiger partial charge in [0.1, 0.15) is 17.6 Å². The van der Waals surface area contributed by atoms with Crippen molar-refractivity contribution in [2.45, 2.75) is 6.04 Å². The number of amides is 1. The molecule has 0 aromatic heterocycles. The van der Waals surface area contributed by atoms with E-state index in [2.05, 4.69) is 25.1 Å². The summed E-state index contributed by atoms with van der Waals surface area (Å²) in [4.78, 5) is 11.7. The van der Waals surface area contributed by atoms with Crippen LogP contribution in [-0.4, -0.2) is 13.0 Å². The number of rotatable bonds is 8. The monoisotopic (exact) mass is 285 g/mol. The van der Waals surface area contributed by atoms with Crippen molar-refractivity contribution in [2.24, 2.45) is 0 Å². The molecule has 0 saturated carbocycles. The molecule has 1 aromatic rings. The maximum Gasteiger partial charge on any atom is 0.244 e. The molecule has 0 aliphatic rings. The van der Waals surface area contributed by atoms with Gasteiger partial charge in [-0.3, -0.25) is 4.79 Å². The molecule has 0 aliphatic heterocycles. The number of para-hydroxylation sites is 1. The molecule has 0 radical (unpaired) electrons. The van der Waals surface area contributed by atoms with Crippen molar-refractivity contribution in [3.63, 3.8) is 0 Å². The number of methoxy groups -OCH3 is 1. The molecule has 21 heavy (non-hydrogen) atoms. The Kier molecular flexibility index (Phi) is 6.54. The van der Waals surface area contributed by atoms with Crippen molar-refractivity contribution < 1.29 is 14.3 Å². The Hall–Kier alpha value is -2.75. The molecule has 1 unspecified atom stereocenters. The molecule has 1 rings (SSSR count). The van der Waals surface area contributed by atoms with Gasteiger partial charge >= 0.3 is 0 Å². The SMILES string of the molecule is C=C/C=C(\OC=C)C(NC(=O)C=C)c1ccccc1OC. The topological polar surface area (TPSA) is 47.6 Å². The smallest absolute Gasteiger partial charge is 0.244 e. The molecule has 110 valence electrons. The van der Waals surface area contributed by atoms with E-state index in [9.17, 15) is 4.79 Å². The maximum atomic E-state index is 11.7. The van der Waals surface area contributed by atoms with Gasteiger partial charge in [-0.15, -0.1) is 0 Å². The zero-order chi connectivity index (χ0) is 15.7. The lowest BCUT2D eigenvalue weighted by Crippen LogP contribution is -2.29. The quantitative estimate of drug-likeness (QED) is 0.453. The lowest BCUT2D eigenvalue weighted by atomic mass is 10.0. The van der Waals surface area contributed by atoms with Crippen LogP contribution >= 0.6 is 0 Å². The van der Waals surface area contributed by atoms with E-state index < -0.39 is 6.04 Å². The van der Waals surface area contributed by atoms with E-state index in [1.807, 2.05) is 24.3 Å². The van der Waals surface area contributed by atoms with E-state index in [-0.39, 0.29) is 5.91 Å². The number of carbonyl (C=O) groups is 1. The van der Waals surface area contributed by atoms with Gasteiger partial charge in [-0.05, 0) is 18.2 Å². The Morgan fingerprint density at radius 3 is 2.57 bits per heavy atom. The van der Waals surface area contributed by atoms with Gasteiger partial charge in [0.25, 0.3) is 0 Å². The first-order valence-electron chi connectivity index (χ1n) is 6.34. The Labute approximate surface area is 125 Å². The average Bonchev–Trinajstić information content (AvgIpc) is 2.52. The van der Waals surface area contributed by atoms with Crippen LogP contribution in [0, 0.1) is 0 Å². The normalized spacial score (nSPS) is 12.0. The lowest BCUT2D eigenvalue weighted by molar-refractivity contribution is -0.117. The van der Waals surface area contributed by atoms with Crippen molar-refractivity contribution in [3.05, 3.63) is 79.8 Å². The molecule has 0 spiro atoms. The number of benzene rings is 1. The van der Waals surface area contributed by atoms with Crippen molar-refractivity contribution >= 4 is 5.91 Å². The van der Waals surface area contributed by atoms with E-state index in [0.717, 1.165) is 5.56 Å². The summed E-state index contributed by atoms with van der Waals surface area (Å²) in [6.07, 6.45) is 5.71. The number of nitrogens with one attached hydrogen (secondary N) is 1. The summed E-state index contributed by atoms with van der Waals surface area (Å²) in [6.45, 7) is 10.6. The summed E-state index contributed by atoms with van der Waals surface area (Å²) < 4.78 is 10.7. The van der Waals surface area contributed by atoms with Gasteiger partial charge in [0.15, 0.2) is 0 Å². The molecule has 4 heteroatoms. The van der Waals surface area contributed by atoms with E-state index >= 15 is 0 Å². The van der Waals surface area contributed by atoms with Crippen LogP contribution in [0.3, 0.4) is 0 Å². The molecule has 0 saturated heterocycles. The Bertz CT molecular complexity index is 561. The second kappa shape index (κ2) is 8.43. The van der Waals surface area contributed by atoms with Crippen molar-refractivity contribution in [1.29, 1.82) is 0 Å². The molecule has 0 aliphatic carbocycles. The number of allylic oxidation sites excluding steroid dienone is 2. The van der Waals surface area contributed by atoms with E-state index in [4.69, 9.17) is 9.47 Å². The molecule has 0 bridgehead atoms. The second-order valence-corrected chi connectivity index (χ2v) is 3.98. The van der Waals surface area contributed by atoms with Crippen LogP contribution in [0.2, 0.25) is 0 Å². The minimum absolute atomic E-state index is 0.325. The third-order valence-electron chi connectivity index (χ3n) is 2.71. The Morgan fingerprint density at radius 1 is 1.29 bits per heavy atom. The third kappa shape index (κ3) is 4.38. The first-order valence-corrected chi connectivity index (χ1v) is 6.34. The van der Waals surface area contributed by atoms with Crippen LogP contribution in [0.1, 0.15) is 11.6 Å². The fourth-order valence-corrected chi connectivity index (χ4v) is 1.82. The number of ether oxygens (including phenoxy) is 2. The molecule has 1 atom stereocenters. The summed E-state index contributed by atoms with van der Waals surface area (Å²) in [6, 6.07) is 6.81. The molecule has 4 nitrogen and oxygen atoms in total. The first kappa shape index (κ1) is 16.3. The lowest BCUT2D eigenvalue weighted by Gasteiger charge is -2.22. The van der Waals surface area contributed by atoms with Gasteiger partial charge in [0, 0.05) is 5.56 Å². The van der Waals surface area contributed by atoms with Gasteiger partial charge in [-0.2, -0.15) is 0 Å². The highest BCUT2D eigenvalue weighted by molar-refractivity contribution is 5.87. The molecular formula is C17H19NO3. The van der Waals surface area contributed by atoms with Crippen molar-refractivity contribution in [3.8, 4) is 5.75 Å². The maximum absolute atomic E-state index is 11.7.